The van der Waals surface area contributed by atoms with Gasteiger partial charge < -0.3 is 19.8 Å². The third kappa shape index (κ3) is 4.69. The lowest BCUT2D eigenvalue weighted by Crippen LogP contribution is -2.19. The van der Waals surface area contributed by atoms with Crippen molar-refractivity contribution < 1.29 is 9.47 Å². The molecule has 0 amide bonds. The Morgan fingerprint density at radius 1 is 1.06 bits per heavy atom. The molecule has 0 bridgehead atoms. The van der Waals surface area contributed by atoms with E-state index in [0.717, 1.165) is 22.4 Å². The summed E-state index contributed by atoms with van der Waals surface area (Å²) in [6.07, 6.45) is 7.99. The molecular formula is C27H26BrN5O2S. The molecule has 1 saturated carbocycles. The summed E-state index contributed by atoms with van der Waals surface area (Å²) in [6, 6.07) is 18.6. The largest absolute Gasteiger partial charge is 0.454 e. The predicted molar refractivity (Wildman–Crippen MR) is 143 cm³/mol. The van der Waals surface area contributed by atoms with Gasteiger partial charge in [0.1, 0.15) is 6.26 Å². The number of nitrogen functional groups attached to an aromatic ring is 1. The van der Waals surface area contributed by atoms with Crippen molar-refractivity contribution in [2.24, 2.45) is 5.92 Å². The average molecular weight is 565 g/mol. The second kappa shape index (κ2) is 10.1. The second-order valence-corrected chi connectivity index (χ2v) is 11.0. The number of benzene rings is 2. The number of ether oxygens (including phenoxy) is 2. The monoisotopic (exact) mass is 563 g/mol. The normalized spacial score (nSPS) is 18.7. The van der Waals surface area contributed by atoms with Crippen LogP contribution in [0.5, 0.6) is 0 Å². The average Bonchev–Trinajstić information content (AvgIpc) is 3.67. The third-order valence-electron chi connectivity index (χ3n) is 6.92. The van der Waals surface area contributed by atoms with Crippen molar-refractivity contribution in [2.75, 3.05) is 5.73 Å². The number of nitrogens with zero attached hydrogens (tertiary/aromatic N) is 4. The number of fused-ring (bicyclic) bond motifs is 1. The van der Waals surface area contributed by atoms with Gasteiger partial charge in [0.25, 0.3) is 6.29 Å². The zero-order valence-electron chi connectivity index (χ0n) is 19.6. The van der Waals surface area contributed by atoms with Gasteiger partial charge in [0.2, 0.25) is 5.09 Å². The standard InChI is InChI=1S/C27H26BrN5O2S/c28-21-13-7-6-12-19(21)26-34-15-22(35-26)36-27-31-23-24(29)30-16-33(25(23)32-27)14-20(18-10-4-5-11-18)17-8-2-1-3-9-17/h1-3,6-9,12-13,15-16,18,20,26H,4-5,10-11,14,29H2. The zero-order chi connectivity index (χ0) is 24.5. The molecule has 0 saturated heterocycles. The molecule has 2 unspecified atom stereocenters. The topological polar surface area (TPSA) is 88.1 Å². The van der Waals surface area contributed by atoms with Gasteiger partial charge in [-0.2, -0.15) is 0 Å². The number of hydrogen-bond acceptors (Lipinski definition) is 7. The molecule has 2 N–H and O–H groups in total. The number of hydrogen-bond donors (Lipinski definition) is 1. The molecule has 9 heteroatoms. The van der Waals surface area contributed by atoms with Crippen LogP contribution in [0.25, 0.3) is 11.5 Å². The van der Waals surface area contributed by atoms with Gasteiger partial charge in [-0.3, -0.25) is 0 Å². The lowest BCUT2D eigenvalue weighted by atomic mass is 9.84. The highest BCUT2D eigenvalue weighted by Crippen LogP contribution is 2.42. The number of anilines is 1. The van der Waals surface area contributed by atoms with Gasteiger partial charge in [-0.05, 0) is 42.2 Å². The molecule has 3 aliphatic heterocycles. The minimum Gasteiger partial charge on any atom is -0.454 e. The summed E-state index contributed by atoms with van der Waals surface area (Å²) >= 11 is 4.87. The number of halogens is 1. The molecule has 2 atom stereocenters. The maximum Gasteiger partial charge on any atom is 0.268 e. The van der Waals surface area contributed by atoms with Crippen LogP contribution in [0.4, 0.5) is 5.82 Å². The summed E-state index contributed by atoms with van der Waals surface area (Å²) in [5.41, 5.74) is 9.10. The van der Waals surface area contributed by atoms with Crippen LogP contribution in [-0.2, 0) is 16.0 Å². The molecule has 184 valence electrons. The number of rotatable bonds is 7. The number of nitrogens with two attached hydrogens (primary N) is 1. The Morgan fingerprint density at radius 2 is 1.83 bits per heavy atom. The van der Waals surface area contributed by atoms with Crippen molar-refractivity contribution in [3.8, 4) is 11.5 Å². The predicted octanol–water partition coefficient (Wildman–Crippen LogP) is 6.73. The Kier molecular flexibility index (Phi) is 6.58. The lowest BCUT2D eigenvalue weighted by molar-refractivity contribution is -0.0278. The van der Waals surface area contributed by atoms with Crippen molar-refractivity contribution in [1.29, 1.82) is 0 Å². The summed E-state index contributed by atoms with van der Waals surface area (Å²) in [5.74, 6) is 2.15. The van der Waals surface area contributed by atoms with Crippen LogP contribution in [0, 0.1) is 5.92 Å². The van der Waals surface area contributed by atoms with Crippen LogP contribution in [0.1, 0.15) is 49.0 Å². The van der Waals surface area contributed by atoms with Crippen molar-refractivity contribution in [3.63, 3.8) is 0 Å². The van der Waals surface area contributed by atoms with Gasteiger partial charge in [-0.1, -0.05) is 77.3 Å². The van der Waals surface area contributed by atoms with Crippen LogP contribution < -0.4 is 5.73 Å². The Bertz CT molecular complexity index is 1360. The highest BCUT2D eigenvalue weighted by atomic mass is 79.9. The maximum atomic E-state index is 6.21. The van der Waals surface area contributed by atoms with E-state index < -0.39 is 6.29 Å². The number of thioether (sulfide) groups is 1. The number of imidazole rings is 1. The minimum atomic E-state index is -0.512. The van der Waals surface area contributed by atoms with E-state index in [1.807, 2.05) is 24.3 Å². The Morgan fingerprint density at radius 3 is 2.64 bits per heavy atom. The zero-order valence-corrected chi connectivity index (χ0v) is 22.0. The molecule has 0 aromatic heterocycles. The first-order valence-corrected chi connectivity index (χ1v) is 13.7. The Balaban J connectivity index is 1.24. The van der Waals surface area contributed by atoms with E-state index in [9.17, 15) is 0 Å². The highest BCUT2D eigenvalue weighted by Gasteiger charge is 2.30. The van der Waals surface area contributed by atoms with E-state index in [2.05, 4.69) is 60.8 Å². The molecule has 6 rings (SSSR count). The van der Waals surface area contributed by atoms with E-state index in [1.165, 1.54) is 43.0 Å². The van der Waals surface area contributed by atoms with Crippen LogP contribution in [0.3, 0.4) is 0 Å². The quantitative estimate of drug-likeness (QED) is 0.266. The first kappa shape index (κ1) is 23.4. The van der Waals surface area contributed by atoms with Crippen LogP contribution >= 0.6 is 27.7 Å². The fourth-order valence-corrected chi connectivity index (χ4v) is 6.29. The fraction of sp³-hybridized carbons (Fsp3) is 0.296. The Hall–Kier alpha value is -3.04. The Labute approximate surface area is 222 Å². The summed E-state index contributed by atoms with van der Waals surface area (Å²) in [6.45, 7) is 0.785. The first-order valence-electron chi connectivity index (χ1n) is 12.1. The molecule has 2 aromatic carbocycles. The molecule has 4 aliphatic rings. The molecule has 3 heterocycles. The van der Waals surface area contributed by atoms with Crippen molar-refractivity contribution >= 4 is 33.5 Å². The van der Waals surface area contributed by atoms with Crippen molar-refractivity contribution in [2.45, 2.75) is 49.6 Å². The van der Waals surface area contributed by atoms with Gasteiger partial charge in [-0.15, -0.1) is 0 Å². The maximum absolute atomic E-state index is 6.21. The minimum absolute atomic E-state index is 0.376. The molecule has 36 heavy (non-hydrogen) atoms. The van der Waals surface area contributed by atoms with E-state index in [0.29, 0.717) is 33.6 Å². The van der Waals surface area contributed by atoms with Crippen molar-refractivity contribution in [3.05, 3.63) is 87.9 Å². The van der Waals surface area contributed by atoms with E-state index in [1.54, 1.807) is 12.6 Å². The molecular weight excluding hydrogens is 538 g/mol. The van der Waals surface area contributed by atoms with Crippen LogP contribution in [0.2, 0.25) is 0 Å². The van der Waals surface area contributed by atoms with Gasteiger partial charge >= 0.3 is 0 Å². The molecule has 1 aliphatic carbocycles. The summed E-state index contributed by atoms with van der Waals surface area (Å²) in [5, 5.41) is 1.15. The van der Waals surface area contributed by atoms with Crippen molar-refractivity contribution in [1.82, 2.24) is 19.5 Å². The molecule has 0 spiro atoms. The summed E-state index contributed by atoms with van der Waals surface area (Å²) in [4.78, 5) is 14.0. The van der Waals surface area contributed by atoms with Gasteiger partial charge in [0, 0.05) is 22.5 Å². The van der Waals surface area contributed by atoms with Crippen LogP contribution in [-0.4, -0.2) is 19.5 Å². The van der Waals surface area contributed by atoms with Crippen LogP contribution in [0.15, 0.2) is 81.9 Å². The SMILES string of the molecule is Nc1ncn(CC(c2ccccc2)C2CCCC2)c2nc(SC3=COC(c4ccccc4Br)O3)nc1-2. The van der Waals surface area contributed by atoms with E-state index in [-0.39, 0.29) is 0 Å². The van der Waals surface area contributed by atoms with Gasteiger partial charge in [0.15, 0.2) is 22.5 Å². The second-order valence-electron chi connectivity index (χ2n) is 9.17. The molecule has 1 fully saturated rings. The first-order chi connectivity index (χ1) is 17.7. The highest BCUT2D eigenvalue weighted by molar-refractivity contribution is 9.10. The fourth-order valence-electron chi connectivity index (χ4n) is 5.13. The lowest BCUT2D eigenvalue weighted by Gasteiger charge is -2.26. The third-order valence-corrected chi connectivity index (χ3v) is 8.40. The van der Waals surface area contributed by atoms with Gasteiger partial charge in [-0.25, -0.2) is 15.0 Å². The number of aromatic nitrogens is 4. The summed E-state index contributed by atoms with van der Waals surface area (Å²) < 4.78 is 14.8. The van der Waals surface area contributed by atoms with E-state index in [4.69, 9.17) is 20.2 Å². The van der Waals surface area contributed by atoms with E-state index >= 15 is 0 Å². The van der Waals surface area contributed by atoms with Gasteiger partial charge in [0.05, 0.1) is 6.33 Å². The molecule has 2 aromatic rings. The summed E-state index contributed by atoms with van der Waals surface area (Å²) in [7, 11) is 0. The smallest absolute Gasteiger partial charge is 0.268 e. The molecule has 7 nitrogen and oxygen atoms in total. The molecule has 0 radical (unpaired) electrons.